The summed E-state index contributed by atoms with van der Waals surface area (Å²) in [6, 6.07) is 28.8. The number of hydrogen-bond donors (Lipinski definition) is 0. The molecule has 1 fully saturated rings. The van der Waals surface area contributed by atoms with Gasteiger partial charge in [-0.3, -0.25) is 4.79 Å². The molecular formula is C49H84O7SSi3. The maximum absolute atomic E-state index is 15.7. The molecule has 1 unspecified atom stereocenters. The van der Waals surface area contributed by atoms with Gasteiger partial charge in [0.2, 0.25) is 0 Å². The monoisotopic (exact) mass is 901 g/mol. The van der Waals surface area contributed by atoms with Crippen LogP contribution in [0.1, 0.15) is 120 Å². The van der Waals surface area contributed by atoms with E-state index >= 15 is 8.42 Å². The van der Waals surface area contributed by atoms with Crippen molar-refractivity contribution in [3.63, 3.8) is 0 Å². The molecule has 6 atom stereocenters. The predicted molar refractivity (Wildman–Crippen MR) is 259 cm³/mol. The lowest BCUT2D eigenvalue weighted by Gasteiger charge is -2.41. The van der Waals surface area contributed by atoms with Gasteiger partial charge in [-0.05, 0) is 130 Å². The third kappa shape index (κ3) is 14.3. The highest BCUT2D eigenvalue weighted by molar-refractivity contribution is 7.92. The molecule has 2 aromatic rings. The van der Waals surface area contributed by atoms with Gasteiger partial charge >= 0.3 is 5.97 Å². The van der Waals surface area contributed by atoms with Gasteiger partial charge in [0.05, 0.1) is 29.0 Å². The smallest absolute Gasteiger partial charge is 0.305 e. The topological polar surface area (TPSA) is 88.1 Å². The summed E-state index contributed by atoms with van der Waals surface area (Å²) < 4.78 is 59.2. The fraction of sp³-hybridized carbons (Fsp3) is 0.694. The van der Waals surface area contributed by atoms with Crippen molar-refractivity contribution in [2.24, 2.45) is 11.8 Å². The molecule has 3 rings (SSSR count). The Kier molecular flexibility index (Phi) is 22.8. The third-order valence-electron chi connectivity index (χ3n) is 14.5. The number of esters is 1. The van der Waals surface area contributed by atoms with E-state index in [2.05, 4.69) is 105 Å². The second-order valence-electron chi connectivity index (χ2n) is 17.3. The Balaban J connectivity index is 2.30. The number of hydrogen-bond acceptors (Lipinski definition) is 7. The van der Waals surface area contributed by atoms with Crippen LogP contribution in [0.25, 0.3) is 0 Å². The minimum atomic E-state index is -3.87. The fourth-order valence-corrected chi connectivity index (χ4v) is 20.7. The van der Waals surface area contributed by atoms with E-state index in [1.807, 2.05) is 25.1 Å². The van der Waals surface area contributed by atoms with Crippen LogP contribution in [-0.2, 0) is 39.1 Å². The highest BCUT2D eigenvalue weighted by atomic mass is 32.2. The first-order valence-corrected chi connectivity index (χ1v) is 33.1. The number of unbranched alkanes of at least 4 members (excludes halogenated alkanes) is 1. The van der Waals surface area contributed by atoms with Crippen LogP contribution >= 0.6 is 0 Å². The van der Waals surface area contributed by atoms with E-state index < -0.39 is 40.0 Å². The molecule has 0 saturated heterocycles. The zero-order valence-corrected chi connectivity index (χ0v) is 43.2. The Morgan fingerprint density at radius 2 is 1.22 bits per heavy atom. The summed E-state index contributed by atoms with van der Waals surface area (Å²) in [6.45, 7) is 22.7. The van der Waals surface area contributed by atoms with Crippen LogP contribution in [0.4, 0.5) is 0 Å². The number of aryl methyl sites for hydroxylation is 1. The molecule has 0 aliphatic heterocycles. The van der Waals surface area contributed by atoms with Crippen LogP contribution in [0.5, 0.6) is 0 Å². The van der Waals surface area contributed by atoms with Gasteiger partial charge in [-0.2, -0.15) is 0 Å². The highest BCUT2D eigenvalue weighted by Crippen LogP contribution is 2.49. The molecule has 0 aromatic heterocycles. The fourth-order valence-electron chi connectivity index (χ4n) is 9.87. The first kappa shape index (κ1) is 52.5. The summed E-state index contributed by atoms with van der Waals surface area (Å²) in [5.41, 5.74) is 1.25. The van der Waals surface area contributed by atoms with Crippen molar-refractivity contribution in [1.82, 2.24) is 0 Å². The second kappa shape index (κ2) is 26.0. The Labute approximate surface area is 370 Å². The molecule has 0 spiro atoms. The van der Waals surface area contributed by atoms with Gasteiger partial charge in [0, 0.05) is 18.4 Å². The van der Waals surface area contributed by atoms with Gasteiger partial charge in [0.15, 0.2) is 34.8 Å². The van der Waals surface area contributed by atoms with Crippen LogP contribution in [0.3, 0.4) is 0 Å². The Bertz CT molecular complexity index is 1600. The average molecular weight is 902 g/mol. The molecule has 11 heteroatoms. The number of allylic oxidation sites excluding steroid dienone is 2. The van der Waals surface area contributed by atoms with Crippen molar-refractivity contribution in [2.75, 3.05) is 6.61 Å². The molecule has 0 bridgehead atoms. The molecule has 0 heterocycles. The molecule has 1 saturated carbocycles. The number of carbonyl (C=O) groups excluding carboxylic acids is 1. The van der Waals surface area contributed by atoms with E-state index in [1.54, 1.807) is 12.1 Å². The summed E-state index contributed by atoms with van der Waals surface area (Å²) >= 11 is 0. The van der Waals surface area contributed by atoms with Crippen molar-refractivity contribution in [1.29, 1.82) is 0 Å². The molecular weight excluding hydrogens is 817 g/mol. The lowest BCUT2D eigenvalue weighted by molar-refractivity contribution is -0.143. The van der Waals surface area contributed by atoms with Crippen LogP contribution < -0.4 is 0 Å². The van der Waals surface area contributed by atoms with Crippen LogP contribution in [0.2, 0.25) is 54.4 Å². The van der Waals surface area contributed by atoms with E-state index in [0.717, 1.165) is 73.7 Å². The first-order valence-electron chi connectivity index (χ1n) is 24.0. The number of sulfone groups is 1. The number of carbonyl (C=O) groups is 1. The molecule has 340 valence electrons. The number of benzene rings is 2. The van der Waals surface area contributed by atoms with Gasteiger partial charge in [-0.1, -0.05) is 123 Å². The largest absolute Gasteiger partial charge is 0.466 e. The number of ether oxygens (including phenoxy) is 1. The molecule has 2 aromatic carbocycles. The van der Waals surface area contributed by atoms with Gasteiger partial charge in [0.25, 0.3) is 0 Å². The van der Waals surface area contributed by atoms with E-state index in [4.69, 9.17) is 18.0 Å². The van der Waals surface area contributed by atoms with Crippen molar-refractivity contribution in [3.05, 3.63) is 78.4 Å². The van der Waals surface area contributed by atoms with Gasteiger partial charge in [-0.25, -0.2) is 8.42 Å². The minimum Gasteiger partial charge on any atom is -0.466 e. The van der Waals surface area contributed by atoms with E-state index in [1.165, 1.54) is 5.56 Å². The van der Waals surface area contributed by atoms with Crippen molar-refractivity contribution in [3.8, 4) is 0 Å². The van der Waals surface area contributed by atoms with Gasteiger partial charge in [0.1, 0.15) is 0 Å². The van der Waals surface area contributed by atoms with Gasteiger partial charge < -0.3 is 18.0 Å². The molecule has 1 aliphatic carbocycles. The van der Waals surface area contributed by atoms with Gasteiger partial charge in [-0.15, -0.1) is 0 Å². The molecule has 0 N–H and O–H groups in total. The maximum atomic E-state index is 15.7. The normalized spacial score (nSPS) is 20.1. The zero-order chi connectivity index (χ0) is 44.2. The third-order valence-corrected chi connectivity index (χ3v) is 30.8. The summed E-state index contributed by atoms with van der Waals surface area (Å²) in [4.78, 5) is 12.5. The summed E-state index contributed by atoms with van der Waals surface area (Å²) in [6.07, 6.45) is 9.14. The van der Waals surface area contributed by atoms with E-state index in [0.29, 0.717) is 43.6 Å². The second-order valence-corrected chi connectivity index (χ2v) is 33.7. The molecule has 0 radical (unpaired) electrons. The maximum Gasteiger partial charge on any atom is 0.305 e. The Morgan fingerprint density at radius 1 is 0.700 bits per heavy atom. The minimum absolute atomic E-state index is 0.0612. The Hall–Kier alpha value is -1.87. The highest BCUT2D eigenvalue weighted by Gasteiger charge is 2.55. The van der Waals surface area contributed by atoms with Crippen molar-refractivity contribution in [2.45, 2.75) is 203 Å². The summed E-state index contributed by atoms with van der Waals surface area (Å²) in [7, 11) is -10.3. The Morgan fingerprint density at radius 3 is 1.73 bits per heavy atom. The quantitative estimate of drug-likeness (QED) is 0.0334. The van der Waals surface area contributed by atoms with Crippen LogP contribution in [-0.4, -0.2) is 69.5 Å². The van der Waals surface area contributed by atoms with Crippen LogP contribution in [0.15, 0.2) is 77.7 Å². The SMILES string of the molecule is CCOC(=O)CCCC=CC[C@@H]1[C@@H](C(C[C@H](CCc2ccccc2)O[Si](CC)(CC)CC)S(=O)(=O)c2ccccc2)[C@H](O[Si](CC)(CC)CC)C[C@@H]1O[Si](CC)(CC)CC. The lowest BCUT2D eigenvalue weighted by Crippen LogP contribution is -2.48. The number of rotatable bonds is 30. The molecule has 1 aliphatic rings. The van der Waals surface area contributed by atoms with E-state index in [-0.39, 0.29) is 36.1 Å². The summed E-state index contributed by atoms with van der Waals surface area (Å²) in [5, 5.41) is -0.725. The molecule has 7 nitrogen and oxygen atoms in total. The average Bonchev–Trinajstić information content (AvgIpc) is 3.60. The van der Waals surface area contributed by atoms with Crippen molar-refractivity contribution >= 4 is 40.8 Å². The zero-order valence-electron chi connectivity index (χ0n) is 39.4. The summed E-state index contributed by atoms with van der Waals surface area (Å²) in [5.74, 6) is -0.513. The molecule has 0 amide bonds. The first-order chi connectivity index (χ1) is 28.8. The predicted octanol–water partition coefficient (Wildman–Crippen LogP) is 13.3. The van der Waals surface area contributed by atoms with Crippen molar-refractivity contribution < 1.29 is 31.2 Å². The lowest BCUT2D eigenvalue weighted by atomic mass is 9.85. The van der Waals surface area contributed by atoms with E-state index in [9.17, 15) is 4.79 Å². The van der Waals surface area contributed by atoms with Crippen LogP contribution in [0, 0.1) is 11.8 Å². The standard InChI is InChI=1S/C49H84O7SSi3/c1-11-53-48(50)36-30-22-21-29-35-44-45(55-59(15-5,16-6)17-7)40-46(56-60(18-8,19-9)20-10)49(44)47(57(51,52)43-33-27-24-28-34-43)39-42(54-58(12-2,13-3)14-4)38-37-41-31-25-23-26-32-41/h21,23-29,31-34,42,44-47,49H,11-20,22,30,35-40H2,1-10H3/t42-,44-,45-,46+,47?,49+/m0/s1. The molecule has 60 heavy (non-hydrogen) atoms.